The van der Waals surface area contributed by atoms with E-state index in [0.717, 1.165) is 34.3 Å². The molecule has 5 rings (SSSR count). The minimum absolute atomic E-state index is 0.00625. The Kier molecular flexibility index (Phi) is 3.71. The quantitative estimate of drug-likeness (QED) is 0.526. The molecule has 0 radical (unpaired) electrons. The molecule has 26 heavy (non-hydrogen) atoms. The molecule has 1 atom stereocenters. The van der Waals surface area contributed by atoms with Crippen LogP contribution in [-0.4, -0.2) is 5.78 Å². The van der Waals surface area contributed by atoms with Crippen molar-refractivity contribution in [2.45, 2.75) is 25.2 Å². The predicted octanol–water partition coefficient (Wildman–Crippen LogP) is 6.17. The number of fused-ring (bicyclic) bond motifs is 3. The van der Waals surface area contributed by atoms with Gasteiger partial charge < -0.3 is 5.32 Å². The molecule has 0 amide bonds. The number of nitrogens with one attached hydrogen (secondary N) is 1. The van der Waals surface area contributed by atoms with Gasteiger partial charge in [0, 0.05) is 33.8 Å². The maximum Gasteiger partial charge on any atom is 0.161 e. The Labute approximate surface area is 161 Å². The Morgan fingerprint density at radius 2 is 1.73 bits per heavy atom. The number of allylic oxidation sites excluding steroid dienone is 2. The summed E-state index contributed by atoms with van der Waals surface area (Å²) in [6.45, 7) is 0. The van der Waals surface area contributed by atoms with Crippen molar-refractivity contribution in [3.05, 3.63) is 87.5 Å². The Morgan fingerprint density at radius 1 is 0.923 bits per heavy atom. The highest BCUT2D eigenvalue weighted by molar-refractivity contribution is 9.10. The van der Waals surface area contributed by atoms with Crippen molar-refractivity contribution < 1.29 is 4.79 Å². The second-order valence-corrected chi connectivity index (χ2v) is 7.94. The van der Waals surface area contributed by atoms with Crippen LogP contribution < -0.4 is 5.32 Å². The fourth-order valence-corrected chi connectivity index (χ4v) is 4.60. The number of carbonyl (C=O) groups is 1. The van der Waals surface area contributed by atoms with Gasteiger partial charge in [-0.3, -0.25) is 4.79 Å². The molecule has 128 valence electrons. The van der Waals surface area contributed by atoms with E-state index in [9.17, 15) is 4.79 Å². The van der Waals surface area contributed by atoms with Crippen LogP contribution in [0.25, 0.3) is 10.8 Å². The number of hydrogen-bond donors (Lipinski definition) is 1. The zero-order valence-corrected chi connectivity index (χ0v) is 15.8. The normalized spacial score (nSPS) is 19.1. The van der Waals surface area contributed by atoms with Crippen molar-refractivity contribution in [2.75, 3.05) is 5.32 Å². The summed E-state index contributed by atoms with van der Waals surface area (Å²) in [5.74, 6) is 0.276. The summed E-state index contributed by atoms with van der Waals surface area (Å²) in [5.41, 5.74) is 5.60. The maximum atomic E-state index is 12.9. The van der Waals surface area contributed by atoms with Gasteiger partial charge in [-0.25, -0.2) is 0 Å². The van der Waals surface area contributed by atoms with Gasteiger partial charge in [0.25, 0.3) is 0 Å². The predicted molar refractivity (Wildman–Crippen MR) is 109 cm³/mol. The van der Waals surface area contributed by atoms with E-state index in [2.05, 4.69) is 81.9 Å². The molecule has 3 aromatic carbocycles. The molecule has 3 aromatic rings. The molecule has 0 spiro atoms. The third-order valence-corrected chi connectivity index (χ3v) is 6.02. The minimum Gasteiger partial charge on any atom is -0.358 e. The average molecular weight is 404 g/mol. The lowest BCUT2D eigenvalue weighted by Crippen LogP contribution is -2.27. The van der Waals surface area contributed by atoms with E-state index >= 15 is 0 Å². The molecule has 0 fully saturated rings. The van der Waals surface area contributed by atoms with E-state index in [-0.39, 0.29) is 11.7 Å². The van der Waals surface area contributed by atoms with Crippen LogP contribution in [0, 0.1) is 0 Å². The molecule has 3 heteroatoms. The van der Waals surface area contributed by atoms with Gasteiger partial charge in [0.05, 0.1) is 0 Å². The van der Waals surface area contributed by atoms with Gasteiger partial charge in [-0.2, -0.15) is 0 Å². The Hall–Kier alpha value is -2.39. The molecule has 1 N–H and O–H groups in total. The Morgan fingerprint density at radius 3 is 2.58 bits per heavy atom. The summed E-state index contributed by atoms with van der Waals surface area (Å²) in [4.78, 5) is 12.9. The van der Waals surface area contributed by atoms with E-state index in [1.807, 2.05) is 0 Å². The maximum absolute atomic E-state index is 12.9. The number of benzene rings is 3. The van der Waals surface area contributed by atoms with Crippen LogP contribution in [0.3, 0.4) is 0 Å². The third kappa shape index (κ3) is 2.42. The molecule has 0 saturated heterocycles. The van der Waals surface area contributed by atoms with Crippen molar-refractivity contribution in [2.24, 2.45) is 0 Å². The lowest BCUT2D eigenvalue weighted by molar-refractivity contribution is -0.116. The molecule has 2 nitrogen and oxygen atoms in total. The first-order chi connectivity index (χ1) is 12.7. The third-order valence-electron chi connectivity index (χ3n) is 5.49. The molecular weight excluding hydrogens is 386 g/mol. The Balaban J connectivity index is 1.83. The largest absolute Gasteiger partial charge is 0.358 e. The molecular formula is C23H18BrNO. The molecule has 2 aliphatic rings. The smallest absolute Gasteiger partial charge is 0.161 e. The first-order valence-corrected chi connectivity index (χ1v) is 9.82. The van der Waals surface area contributed by atoms with E-state index in [4.69, 9.17) is 0 Å². The number of hydrogen-bond acceptors (Lipinski definition) is 2. The van der Waals surface area contributed by atoms with Crippen LogP contribution in [0.2, 0.25) is 0 Å². The van der Waals surface area contributed by atoms with Gasteiger partial charge in [-0.05, 0) is 52.9 Å². The molecule has 0 unspecified atom stereocenters. The molecule has 1 aliphatic heterocycles. The second-order valence-electron chi connectivity index (χ2n) is 7.03. The average Bonchev–Trinajstić information content (AvgIpc) is 2.67. The van der Waals surface area contributed by atoms with Crippen molar-refractivity contribution in [1.82, 2.24) is 0 Å². The number of ketones is 1. The van der Waals surface area contributed by atoms with Crippen LogP contribution >= 0.6 is 15.9 Å². The van der Waals surface area contributed by atoms with Crippen molar-refractivity contribution in [3.63, 3.8) is 0 Å². The lowest BCUT2D eigenvalue weighted by Gasteiger charge is -2.35. The van der Waals surface area contributed by atoms with Crippen molar-refractivity contribution in [1.29, 1.82) is 0 Å². The molecule has 1 aliphatic carbocycles. The fourth-order valence-electron chi connectivity index (χ4n) is 4.34. The molecule has 0 aromatic heterocycles. The van der Waals surface area contributed by atoms with Crippen LogP contribution in [0.1, 0.15) is 36.3 Å². The molecule has 0 saturated carbocycles. The van der Waals surface area contributed by atoms with E-state index in [1.165, 1.54) is 21.9 Å². The lowest BCUT2D eigenvalue weighted by atomic mass is 9.74. The summed E-state index contributed by atoms with van der Waals surface area (Å²) in [6, 6.07) is 21.2. The number of Topliss-reactive ketones (excluding diaryl/α,β-unsaturated/α-hetero) is 1. The SMILES string of the molecule is O=C1CCCC2=C1[C@@H](c1ccc(Br)cc1)c1c(ccc3ccccc13)N2. The second kappa shape index (κ2) is 6.10. The highest BCUT2D eigenvalue weighted by Crippen LogP contribution is 2.47. The van der Waals surface area contributed by atoms with Crippen LogP contribution in [-0.2, 0) is 4.79 Å². The van der Waals surface area contributed by atoms with Gasteiger partial charge >= 0.3 is 0 Å². The van der Waals surface area contributed by atoms with Gasteiger partial charge in [-0.15, -0.1) is 0 Å². The standard InChI is InChI=1S/C23H18BrNO/c24-16-11-8-15(9-12-16)21-22-17-5-2-1-4-14(17)10-13-19(22)25-18-6-3-7-20(26)23(18)21/h1-2,4-5,8-13,21,25H,3,6-7H2/t21-/m0/s1. The van der Waals surface area contributed by atoms with E-state index < -0.39 is 0 Å². The number of carbonyl (C=O) groups excluding carboxylic acids is 1. The summed E-state index contributed by atoms with van der Waals surface area (Å²) >= 11 is 3.53. The zero-order chi connectivity index (χ0) is 17.7. The first kappa shape index (κ1) is 15.8. The molecule has 1 heterocycles. The summed E-state index contributed by atoms with van der Waals surface area (Å²) < 4.78 is 1.05. The van der Waals surface area contributed by atoms with Gasteiger partial charge in [-0.1, -0.05) is 58.4 Å². The van der Waals surface area contributed by atoms with Crippen molar-refractivity contribution >= 4 is 38.2 Å². The number of halogens is 1. The van der Waals surface area contributed by atoms with Gasteiger partial charge in [0.1, 0.15) is 0 Å². The number of anilines is 1. The summed E-state index contributed by atoms with van der Waals surface area (Å²) in [6.07, 6.45) is 2.52. The summed E-state index contributed by atoms with van der Waals surface area (Å²) in [7, 11) is 0. The fraction of sp³-hybridized carbons (Fsp3) is 0.174. The van der Waals surface area contributed by atoms with Crippen LogP contribution in [0.5, 0.6) is 0 Å². The van der Waals surface area contributed by atoms with E-state index in [0.29, 0.717) is 6.42 Å². The summed E-state index contributed by atoms with van der Waals surface area (Å²) in [5, 5.41) is 6.01. The van der Waals surface area contributed by atoms with Crippen LogP contribution in [0.15, 0.2) is 76.4 Å². The van der Waals surface area contributed by atoms with Gasteiger partial charge in [0.2, 0.25) is 0 Å². The van der Waals surface area contributed by atoms with Crippen molar-refractivity contribution in [3.8, 4) is 0 Å². The molecule has 0 bridgehead atoms. The monoisotopic (exact) mass is 403 g/mol. The van der Waals surface area contributed by atoms with Gasteiger partial charge in [0.15, 0.2) is 5.78 Å². The highest BCUT2D eigenvalue weighted by Gasteiger charge is 2.35. The van der Waals surface area contributed by atoms with E-state index in [1.54, 1.807) is 0 Å². The zero-order valence-electron chi connectivity index (χ0n) is 14.3. The first-order valence-electron chi connectivity index (χ1n) is 9.03. The number of rotatable bonds is 1. The Bertz CT molecular complexity index is 1070. The minimum atomic E-state index is -0.00625. The highest BCUT2D eigenvalue weighted by atomic mass is 79.9. The van der Waals surface area contributed by atoms with Crippen LogP contribution in [0.4, 0.5) is 5.69 Å². The topological polar surface area (TPSA) is 29.1 Å².